The average Bonchev–Trinajstić information content (AvgIpc) is 3.19. The normalized spacial score (nSPS) is 14.0. The number of nitrogens with one attached hydrogen (secondary N) is 2. The number of pyridine rings is 1. The van der Waals surface area contributed by atoms with Crippen LogP contribution in [0.2, 0.25) is 0 Å². The molecule has 0 aromatic carbocycles. The second kappa shape index (κ2) is 5.48. The minimum atomic E-state index is -1.05. The first-order chi connectivity index (χ1) is 8.66. The number of hydrogen-bond donors (Lipinski definition) is 3. The number of aromatic nitrogens is 1. The van der Waals surface area contributed by atoms with Crippen molar-refractivity contribution in [2.45, 2.75) is 12.8 Å². The Morgan fingerprint density at radius 3 is 2.83 bits per heavy atom. The average molecular weight is 249 g/mol. The maximum atomic E-state index is 11.3. The van der Waals surface area contributed by atoms with Crippen molar-refractivity contribution in [2.24, 2.45) is 5.92 Å². The number of aromatic carboxylic acids is 1. The maximum absolute atomic E-state index is 11.3. The highest BCUT2D eigenvalue weighted by atomic mass is 16.4. The molecule has 0 bridgehead atoms. The maximum Gasteiger partial charge on any atom is 0.354 e. The van der Waals surface area contributed by atoms with Crippen molar-refractivity contribution >= 4 is 17.6 Å². The Labute approximate surface area is 104 Å². The fraction of sp³-hybridized carbons (Fsp3) is 0.417. The summed E-state index contributed by atoms with van der Waals surface area (Å²) in [7, 11) is 0. The standard InChI is InChI=1S/C12H15N3O3/c16-11(8-1-2-8)15-6-5-13-9-3-4-14-10(7-9)12(17)18/h3-4,7-8H,1-2,5-6H2,(H,13,14)(H,15,16)(H,17,18). The largest absolute Gasteiger partial charge is 0.477 e. The molecular weight excluding hydrogens is 234 g/mol. The quantitative estimate of drug-likeness (QED) is 0.646. The first-order valence-corrected chi connectivity index (χ1v) is 5.88. The summed E-state index contributed by atoms with van der Waals surface area (Å²) in [5.74, 6) is -0.733. The molecule has 0 aliphatic heterocycles. The van der Waals surface area contributed by atoms with Crippen LogP contribution in [0.25, 0.3) is 0 Å². The summed E-state index contributed by atoms with van der Waals surface area (Å²) in [6, 6.07) is 3.15. The van der Waals surface area contributed by atoms with Gasteiger partial charge < -0.3 is 15.7 Å². The van der Waals surface area contributed by atoms with Crippen LogP contribution in [0.4, 0.5) is 5.69 Å². The number of rotatable bonds is 6. The lowest BCUT2D eigenvalue weighted by atomic mass is 10.3. The second-order valence-electron chi connectivity index (χ2n) is 4.23. The topological polar surface area (TPSA) is 91.3 Å². The summed E-state index contributed by atoms with van der Waals surface area (Å²) in [5.41, 5.74) is 0.685. The number of nitrogens with zero attached hydrogens (tertiary/aromatic N) is 1. The number of carbonyl (C=O) groups excluding carboxylic acids is 1. The summed E-state index contributed by atoms with van der Waals surface area (Å²) in [5, 5.41) is 14.6. The van der Waals surface area contributed by atoms with Crippen LogP contribution >= 0.6 is 0 Å². The van der Waals surface area contributed by atoms with E-state index in [1.54, 1.807) is 6.07 Å². The van der Waals surface area contributed by atoms with Crippen LogP contribution in [0, 0.1) is 5.92 Å². The van der Waals surface area contributed by atoms with Crippen LogP contribution < -0.4 is 10.6 Å². The Balaban J connectivity index is 1.74. The first-order valence-electron chi connectivity index (χ1n) is 5.88. The van der Waals surface area contributed by atoms with E-state index >= 15 is 0 Å². The zero-order valence-corrected chi connectivity index (χ0v) is 9.85. The molecule has 1 aliphatic carbocycles. The summed E-state index contributed by atoms with van der Waals surface area (Å²) in [6.07, 6.45) is 3.42. The van der Waals surface area contributed by atoms with Gasteiger partial charge in [0.2, 0.25) is 5.91 Å². The van der Waals surface area contributed by atoms with Crippen molar-refractivity contribution in [1.82, 2.24) is 10.3 Å². The van der Waals surface area contributed by atoms with Gasteiger partial charge in [0.05, 0.1) is 0 Å². The summed E-state index contributed by atoms with van der Waals surface area (Å²) in [4.78, 5) is 25.8. The van der Waals surface area contributed by atoms with Crippen LogP contribution in [0.1, 0.15) is 23.3 Å². The highest BCUT2D eigenvalue weighted by Crippen LogP contribution is 2.28. The van der Waals surface area contributed by atoms with Gasteiger partial charge in [0.25, 0.3) is 0 Å². The van der Waals surface area contributed by atoms with Crippen LogP contribution in [0.15, 0.2) is 18.3 Å². The Morgan fingerprint density at radius 2 is 2.17 bits per heavy atom. The van der Waals surface area contributed by atoms with Crippen molar-refractivity contribution in [3.05, 3.63) is 24.0 Å². The Hall–Kier alpha value is -2.11. The number of hydrogen-bond acceptors (Lipinski definition) is 4. The predicted octanol–water partition coefficient (Wildman–Crippen LogP) is 0.718. The Bertz CT molecular complexity index is 458. The van der Waals surface area contributed by atoms with Gasteiger partial charge in [-0.15, -0.1) is 0 Å². The molecule has 2 rings (SSSR count). The molecule has 1 aliphatic rings. The molecule has 3 N–H and O–H groups in total. The zero-order chi connectivity index (χ0) is 13.0. The summed E-state index contributed by atoms with van der Waals surface area (Å²) >= 11 is 0. The molecule has 6 heteroatoms. The van der Waals surface area contributed by atoms with E-state index in [0.717, 1.165) is 12.8 Å². The van der Waals surface area contributed by atoms with Crippen molar-refractivity contribution in [3.63, 3.8) is 0 Å². The first kappa shape index (κ1) is 12.3. The van der Waals surface area contributed by atoms with Gasteiger partial charge in [0.1, 0.15) is 5.69 Å². The monoisotopic (exact) mass is 249 g/mol. The number of carbonyl (C=O) groups is 2. The van der Waals surface area contributed by atoms with Gasteiger partial charge in [-0.2, -0.15) is 0 Å². The van der Waals surface area contributed by atoms with Crippen molar-refractivity contribution < 1.29 is 14.7 Å². The molecule has 0 radical (unpaired) electrons. The SMILES string of the molecule is O=C(O)c1cc(NCCNC(=O)C2CC2)ccn1. The van der Waals surface area contributed by atoms with Crippen LogP contribution in [-0.4, -0.2) is 35.1 Å². The minimum absolute atomic E-state index is 0.00187. The van der Waals surface area contributed by atoms with Gasteiger partial charge in [-0.3, -0.25) is 4.79 Å². The molecule has 6 nitrogen and oxygen atoms in total. The lowest BCUT2D eigenvalue weighted by molar-refractivity contribution is -0.122. The smallest absolute Gasteiger partial charge is 0.354 e. The highest BCUT2D eigenvalue weighted by Gasteiger charge is 2.28. The molecule has 1 amide bonds. The van der Waals surface area contributed by atoms with E-state index < -0.39 is 5.97 Å². The van der Waals surface area contributed by atoms with E-state index in [0.29, 0.717) is 18.8 Å². The molecule has 0 spiro atoms. The van der Waals surface area contributed by atoms with E-state index in [1.165, 1.54) is 12.3 Å². The number of anilines is 1. The Kier molecular flexibility index (Phi) is 3.76. The number of carboxylic acids is 1. The van der Waals surface area contributed by atoms with Gasteiger partial charge in [0, 0.05) is 30.9 Å². The van der Waals surface area contributed by atoms with Gasteiger partial charge >= 0.3 is 5.97 Å². The van der Waals surface area contributed by atoms with Crippen LogP contribution in [0.3, 0.4) is 0 Å². The molecule has 1 heterocycles. The van der Waals surface area contributed by atoms with Gasteiger partial charge in [-0.1, -0.05) is 0 Å². The fourth-order valence-electron chi connectivity index (χ4n) is 1.54. The zero-order valence-electron chi connectivity index (χ0n) is 9.85. The van der Waals surface area contributed by atoms with E-state index in [2.05, 4.69) is 15.6 Å². The van der Waals surface area contributed by atoms with Crippen molar-refractivity contribution in [3.8, 4) is 0 Å². The predicted molar refractivity (Wildman–Crippen MR) is 65.4 cm³/mol. The molecule has 1 aromatic heterocycles. The highest BCUT2D eigenvalue weighted by molar-refractivity contribution is 5.86. The molecular formula is C12H15N3O3. The fourth-order valence-corrected chi connectivity index (χ4v) is 1.54. The molecule has 0 saturated heterocycles. The molecule has 1 aromatic rings. The minimum Gasteiger partial charge on any atom is -0.477 e. The molecule has 18 heavy (non-hydrogen) atoms. The lowest BCUT2D eigenvalue weighted by Crippen LogP contribution is -2.29. The van der Waals surface area contributed by atoms with E-state index in [-0.39, 0.29) is 17.5 Å². The lowest BCUT2D eigenvalue weighted by Gasteiger charge is -2.07. The van der Waals surface area contributed by atoms with Crippen molar-refractivity contribution in [1.29, 1.82) is 0 Å². The summed E-state index contributed by atoms with van der Waals surface area (Å²) in [6.45, 7) is 1.08. The molecule has 0 unspecified atom stereocenters. The van der Waals surface area contributed by atoms with E-state index in [1.807, 2.05) is 0 Å². The molecule has 1 saturated carbocycles. The molecule has 96 valence electrons. The van der Waals surface area contributed by atoms with Gasteiger partial charge in [-0.25, -0.2) is 9.78 Å². The third kappa shape index (κ3) is 3.44. The van der Waals surface area contributed by atoms with Gasteiger partial charge in [-0.05, 0) is 25.0 Å². The third-order valence-corrected chi connectivity index (χ3v) is 2.68. The summed E-state index contributed by atoms with van der Waals surface area (Å²) < 4.78 is 0. The van der Waals surface area contributed by atoms with Crippen LogP contribution in [-0.2, 0) is 4.79 Å². The van der Waals surface area contributed by atoms with Crippen LogP contribution in [0.5, 0.6) is 0 Å². The van der Waals surface area contributed by atoms with E-state index in [4.69, 9.17) is 5.11 Å². The van der Waals surface area contributed by atoms with Crippen molar-refractivity contribution in [2.75, 3.05) is 18.4 Å². The molecule has 0 atom stereocenters. The second-order valence-corrected chi connectivity index (χ2v) is 4.23. The number of carboxylic acid groups (broad SMARTS) is 1. The van der Waals surface area contributed by atoms with Gasteiger partial charge in [0.15, 0.2) is 0 Å². The third-order valence-electron chi connectivity index (χ3n) is 2.68. The Morgan fingerprint density at radius 1 is 1.39 bits per heavy atom. The van der Waals surface area contributed by atoms with E-state index in [9.17, 15) is 9.59 Å². The number of amides is 1. The molecule has 1 fully saturated rings.